The molecular weight excluding hydrogens is 430 g/mol. The fourth-order valence-corrected chi connectivity index (χ4v) is 4.19. The first-order chi connectivity index (χ1) is 17.2. The van der Waals surface area contributed by atoms with Crippen LogP contribution in [-0.4, -0.2) is 11.8 Å². The van der Waals surface area contributed by atoms with Gasteiger partial charge < -0.3 is 5.73 Å². The molecule has 2 N–H and O–H groups in total. The molecule has 1 aliphatic carbocycles. The zero-order valence-corrected chi connectivity index (χ0v) is 21.0. The van der Waals surface area contributed by atoms with Crippen LogP contribution >= 0.6 is 0 Å². The summed E-state index contributed by atoms with van der Waals surface area (Å²) >= 11 is 0. The smallest absolute Gasteiger partial charge is 0.162 e. The van der Waals surface area contributed by atoms with E-state index in [1.54, 1.807) is 0 Å². The molecule has 0 aliphatic heterocycles. The number of unbranched alkanes of at least 4 members (excludes halogenated alkanes) is 8. The van der Waals surface area contributed by atoms with Gasteiger partial charge in [0.15, 0.2) is 5.78 Å². The Hall–Kier alpha value is -3.27. The van der Waals surface area contributed by atoms with Gasteiger partial charge in [-0.25, -0.2) is 0 Å². The van der Waals surface area contributed by atoms with Crippen LogP contribution in [0.4, 0.5) is 5.69 Å². The minimum absolute atomic E-state index is 0.199. The Morgan fingerprint density at radius 3 is 2.23 bits per heavy atom. The van der Waals surface area contributed by atoms with Crippen LogP contribution in [0.2, 0.25) is 0 Å². The molecule has 4 nitrogen and oxygen atoms in total. The number of benzene rings is 2. The van der Waals surface area contributed by atoms with Crippen molar-refractivity contribution in [2.24, 2.45) is 16.0 Å². The van der Waals surface area contributed by atoms with E-state index in [0.717, 1.165) is 35.2 Å². The maximum atomic E-state index is 12.6. The van der Waals surface area contributed by atoms with Crippen molar-refractivity contribution in [3.05, 3.63) is 95.2 Å². The highest BCUT2D eigenvalue weighted by molar-refractivity contribution is 5.96. The predicted molar refractivity (Wildman–Crippen MR) is 147 cm³/mol. The predicted octanol–water partition coefficient (Wildman–Crippen LogP) is 8.74. The molecule has 0 bridgehead atoms. The summed E-state index contributed by atoms with van der Waals surface area (Å²) in [6.07, 6.45) is 19.8. The Labute approximate surface area is 210 Å². The quantitative estimate of drug-likeness (QED) is 0.171. The molecule has 0 heterocycles. The fraction of sp³-hybridized carbons (Fsp3) is 0.387. The lowest BCUT2D eigenvalue weighted by atomic mass is 9.97. The lowest BCUT2D eigenvalue weighted by Gasteiger charge is -2.14. The Morgan fingerprint density at radius 2 is 1.54 bits per heavy atom. The third-order valence-corrected chi connectivity index (χ3v) is 6.27. The van der Waals surface area contributed by atoms with Gasteiger partial charge in [0, 0.05) is 17.7 Å². The van der Waals surface area contributed by atoms with E-state index in [9.17, 15) is 4.79 Å². The maximum Gasteiger partial charge on any atom is 0.162 e. The summed E-state index contributed by atoms with van der Waals surface area (Å²) < 4.78 is 0. The molecule has 0 amide bonds. The number of nitrogens with two attached hydrogens (primary N) is 1. The molecule has 184 valence electrons. The van der Waals surface area contributed by atoms with Gasteiger partial charge in [-0.15, -0.1) is 0 Å². The number of azo groups is 1. The zero-order chi connectivity index (χ0) is 24.7. The minimum atomic E-state index is -0.199. The SMILES string of the molecule is CCCCCCCCCCCC(=O)c1ccc(C=C2C=C(N)C=CC2N=Nc2ccccc2)cc1. The van der Waals surface area contributed by atoms with Crippen molar-refractivity contribution in [1.29, 1.82) is 0 Å². The monoisotopic (exact) mass is 469 g/mol. The topological polar surface area (TPSA) is 67.8 Å². The maximum absolute atomic E-state index is 12.6. The number of hydrogen-bond donors (Lipinski definition) is 1. The largest absolute Gasteiger partial charge is 0.399 e. The van der Waals surface area contributed by atoms with Crippen LogP contribution in [0.1, 0.15) is 87.1 Å². The van der Waals surface area contributed by atoms with Crippen LogP contribution in [0.5, 0.6) is 0 Å². The molecule has 1 atom stereocenters. The van der Waals surface area contributed by atoms with Gasteiger partial charge in [0.1, 0.15) is 6.04 Å². The number of carbonyl (C=O) groups excluding carboxylic acids is 1. The van der Waals surface area contributed by atoms with E-state index in [1.807, 2.05) is 72.8 Å². The lowest BCUT2D eigenvalue weighted by molar-refractivity contribution is 0.0979. The summed E-state index contributed by atoms with van der Waals surface area (Å²) in [6.45, 7) is 2.25. The van der Waals surface area contributed by atoms with Crippen molar-refractivity contribution in [1.82, 2.24) is 0 Å². The second-order valence-electron chi connectivity index (χ2n) is 9.27. The first-order valence-electron chi connectivity index (χ1n) is 13.1. The van der Waals surface area contributed by atoms with Crippen LogP contribution in [-0.2, 0) is 0 Å². The number of ketones is 1. The number of rotatable bonds is 14. The number of allylic oxidation sites excluding steroid dienone is 1. The Kier molecular flexibility index (Phi) is 11.2. The van der Waals surface area contributed by atoms with Crippen LogP contribution < -0.4 is 5.73 Å². The minimum Gasteiger partial charge on any atom is -0.399 e. The molecule has 35 heavy (non-hydrogen) atoms. The molecule has 1 unspecified atom stereocenters. The van der Waals surface area contributed by atoms with Crippen LogP contribution in [0, 0.1) is 0 Å². The molecular formula is C31H39N3O. The molecule has 0 aromatic heterocycles. The van der Waals surface area contributed by atoms with Crippen LogP contribution in [0.25, 0.3) is 6.08 Å². The third kappa shape index (κ3) is 9.48. The zero-order valence-electron chi connectivity index (χ0n) is 21.0. The van der Waals surface area contributed by atoms with Gasteiger partial charge in [-0.1, -0.05) is 107 Å². The van der Waals surface area contributed by atoms with Gasteiger partial charge in [-0.2, -0.15) is 10.2 Å². The van der Waals surface area contributed by atoms with Gasteiger partial charge in [0.2, 0.25) is 0 Å². The van der Waals surface area contributed by atoms with E-state index >= 15 is 0 Å². The molecule has 2 aromatic rings. The molecule has 2 aromatic carbocycles. The summed E-state index contributed by atoms with van der Waals surface area (Å²) in [5.74, 6) is 0.228. The van der Waals surface area contributed by atoms with Crippen LogP contribution in [0.3, 0.4) is 0 Å². The first-order valence-corrected chi connectivity index (χ1v) is 13.1. The number of Topliss-reactive ketones (excluding diaryl/α,β-unsaturated/α-hetero) is 1. The molecule has 0 saturated heterocycles. The molecule has 4 heteroatoms. The van der Waals surface area contributed by atoms with Crippen molar-refractivity contribution in [2.45, 2.75) is 77.2 Å². The highest BCUT2D eigenvalue weighted by Crippen LogP contribution is 2.23. The summed E-state index contributed by atoms with van der Waals surface area (Å²) in [7, 11) is 0. The van der Waals surface area contributed by atoms with E-state index < -0.39 is 0 Å². The Bertz CT molecular complexity index is 1030. The normalized spacial score (nSPS) is 16.7. The summed E-state index contributed by atoms with van der Waals surface area (Å²) in [6, 6.07) is 17.3. The fourth-order valence-electron chi connectivity index (χ4n) is 4.19. The average Bonchev–Trinajstić information content (AvgIpc) is 2.88. The van der Waals surface area contributed by atoms with E-state index in [4.69, 9.17) is 5.73 Å². The lowest BCUT2D eigenvalue weighted by Crippen LogP contribution is -2.10. The molecule has 0 radical (unpaired) electrons. The molecule has 3 rings (SSSR count). The van der Waals surface area contributed by atoms with Gasteiger partial charge in [-0.3, -0.25) is 4.79 Å². The Balaban J connectivity index is 1.50. The number of carbonyl (C=O) groups is 1. The molecule has 0 fully saturated rings. The summed E-state index contributed by atoms with van der Waals surface area (Å²) in [5, 5.41) is 8.87. The summed E-state index contributed by atoms with van der Waals surface area (Å²) in [4.78, 5) is 12.6. The van der Waals surface area contributed by atoms with E-state index in [1.165, 1.54) is 44.9 Å². The molecule has 1 aliphatic rings. The molecule has 0 saturated carbocycles. The van der Waals surface area contributed by atoms with Crippen molar-refractivity contribution in [3.63, 3.8) is 0 Å². The van der Waals surface area contributed by atoms with Crippen molar-refractivity contribution >= 4 is 17.5 Å². The van der Waals surface area contributed by atoms with Gasteiger partial charge in [0.05, 0.1) is 5.69 Å². The third-order valence-electron chi connectivity index (χ3n) is 6.27. The number of hydrogen-bond acceptors (Lipinski definition) is 4. The second-order valence-corrected chi connectivity index (χ2v) is 9.27. The van der Waals surface area contributed by atoms with E-state index in [2.05, 4.69) is 23.2 Å². The van der Waals surface area contributed by atoms with Crippen molar-refractivity contribution in [2.75, 3.05) is 0 Å². The second kappa shape index (κ2) is 14.9. The first kappa shape index (κ1) is 26.3. The van der Waals surface area contributed by atoms with Crippen molar-refractivity contribution in [3.8, 4) is 0 Å². The number of nitrogens with zero attached hydrogens (tertiary/aromatic N) is 2. The Morgan fingerprint density at radius 1 is 0.886 bits per heavy atom. The van der Waals surface area contributed by atoms with Gasteiger partial charge in [0.25, 0.3) is 0 Å². The standard InChI is InChI=1S/C31H39N3O/c1-2-3-4-5-6-7-8-9-13-16-31(35)26-19-17-25(18-20-26)23-27-24-28(32)21-22-30(27)34-33-29-14-11-10-12-15-29/h10-12,14-15,17-24,30H,2-9,13,16,32H2,1H3. The average molecular weight is 470 g/mol. The summed E-state index contributed by atoms with van der Waals surface area (Å²) in [5.41, 5.74) is 10.3. The van der Waals surface area contributed by atoms with Crippen molar-refractivity contribution < 1.29 is 4.79 Å². The van der Waals surface area contributed by atoms with E-state index in [-0.39, 0.29) is 11.8 Å². The van der Waals surface area contributed by atoms with E-state index in [0.29, 0.717) is 12.1 Å². The highest BCUT2D eigenvalue weighted by atomic mass is 16.1. The molecule has 0 spiro atoms. The highest BCUT2D eigenvalue weighted by Gasteiger charge is 2.13. The van der Waals surface area contributed by atoms with Gasteiger partial charge >= 0.3 is 0 Å². The van der Waals surface area contributed by atoms with Gasteiger partial charge in [-0.05, 0) is 47.9 Å². The van der Waals surface area contributed by atoms with Crippen LogP contribution in [0.15, 0.2) is 94.3 Å².